The van der Waals surface area contributed by atoms with Crippen LogP contribution in [-0.2, 0) is 4.74 Å². The van der Waals surface area contributed by atoms with Gasteiger partial charge in [-0.25, -0.2) is 4.79 Å². The second kappa shape index (κ2) is 6.78. The monoisotopic (exact) mass is 328 g/mol. The van der Waals surface area contributed by atoms with Crippen molar-refractivity contribution in [2.24, 2.45) is 0 Å². The molecule has 24 heavy (non-hydrogen) atoms. The Labute approximate surface area is 140 Å². The Bertz CT molecular complexity index is 709. The number of furan rings is 1. The van der Waals surface area contributed by atoms with E-state index in [2.05, 4.69) is 4.90 Å². The molecule has 0 spiro atoms. The Morgan fingerprint density at radius 1 is 1.12 bits per heavy atom. The van der Waals surface area contributed by atoms with E-state index in [9.17, 15) is 9.59 Å². The third-order valence-electron chi connectivity index (χ3n) is 4.31. The number of amides is 1. The summed E-state index contributed by atoms with van der Waals surface area (Å²) in [6.07, 6.45) is 2.99. The Morgan fingerprint density at radius 2 is 1.88 bits per heavy atom. The molecule has 1 aliphatic rings. The van der Waals surface area contributed by atoms with Gasteiger partial charge in [-0.2, -0.15) is 0 Å². The van der Waals surface area contributed by atoms with Crippen LogP contribution in [0, 0.1) is 0 Å². The van der Waals surface area contributed by atoms with Crippen LogP contribution in [0.15, 0.2) is 47.3 Å². The first-order valence-corrected chi connectivity index (χ1v) is 7.86. The van der Waals surface area contributed by atoms with Crippen LogP contribution in [0.1, 0.15) is 27.6 Å². The van der Waals surface area contributed by atoms with Crippen LogP contribution in [-0.4, -0.2) is 49.6 Å². The summed E-state index contributed by atoms with van der Waals surface area (Å²) in [5, 5.41) is 0. The van der Waals surface area contributed by atoms with Crippen molar-refractivity contribution < 1.29 is 18.7 Å². The van der Waals surface area contributed by atoms with Gasteiger partial charge < -0.3 is 19.0 Å². The summed E-state index contributed by atoms with van der Waals surface area (Å²) < 4.78 is 9.71. The minimum Gasteiger partial charge on any atom is -0.472 e. The summed E-state index contributed by atoms with van der Waals surface area (Å²) in [6, 6.07) is 9.11. The van der Waals surface area contributed by atoms with Gasteiger partial charge in [-0.05, 0) is 37.3 Å². The fourth-order valence-corrected chi connectivity index (χ4v) is 2.97. The fraction of sp³-hybridized carbons (Fsp3) is 0.333. The predicted octanol–water partition coefficient (Wildman–Crippen LogP) is 2.42. The number of anilines is 1. The van der Waals surface area contributed by atoms with E-state index in [4.69, 9.17) is 9.15 Å². The SMILES string of the molecule is COC(=O)c1ccc(N2CCN(C(=O)c3ccoc3)[C@@H](C)C2)cc1. The highest BCUT2D eigenvalue weighted by Gasteiger charge is 2.28. The van der Waals surface area contributed by atoms with Crippen molar-refractivity contribution in [1.82, 2.24) is 4.90 Å². The lowest BCUT2D eigenvalue weighted by Crippen LogP contribution is -2.54. The number of carbonyl (C=O) groups is 2. The zero-order valence-electron chi connectivity index (χ0n) is 13.8. The van der Waals surface area contributed by atoms with E-state index in [-0.39, 0.29) is 17.9 Å². The average Bonchev–Trinajstić information content (AvgIpc) is 3.15. The zero-order chi connectivity index (χ0) is 17.1. The molecule has 0 saturated carbocycles. The van der Waals surface area contributed by atoms with Crippen LogP contribution in [0.3, 0.4) is 0 Å². The molecule has 1 atom stereocenters. The maximum atomic E-state index is 12.5. The number of piperazine rings is 1. The van der Waals surface area contributed by atoms with Gasteiger partial charge in [-0.3, -0.25) is 4.79 Å². The molecule has 126 valence electrons. The fourth-order valence-electron chi connectivity index (χ4n) is 2.97. The number of rotatable bonds is 3. The first kappa shape index (κ1) is 16.1. The van der Waals surface area contributed by atoms with Crippen molar-refractivity contribution in [1.29, 1.82) is 0 Å². The Balaban J connectivity index is 1.67. The first-order chi connectivity index (χ1) is 11.6. The Kier molecular flexibility index (Phi) is 4.55. The minimum absolute atomic E-state index is 0.00283. The van der Waals surface area contributed by atoms with E-state index in [0.29, 0.717) is 17.7 Å². The molecule has 6 nitrogen and oxygen atoms in total. The minimum atomic E-state index is -0.342. The van der Waals surface area contributed by atoms with E-state index in [1.54, 1.807) is 18.2 Å². The third kappa shape index (κ3) is 3.13. The van der Waals surface area contributed by atoms with Crippen LogP contribution in [0.2, 0.25) is 0 Å². The molecule has 1 aromatic heterocycles. The Hall–Kier alpha value is -2.76. The first-order valence-electron chi connectivity index (χ1n) is 7.86. The van der Waals surface area contributed by atoms with Gasteiger partial charge in [-0.1, -0.05) is 0 Å². The average molecular weight is 328 g/mol. The molecule has 2 heterocycles. The van der Waals surface area contributed by atoms with E-state index < -0.39 is 0 Å². The molecule has 0 aliphatic carbocycles. The molecule has 0 radical (unpaired) electrons. The summed E-state index contributed by atoms with van der Waals surface area (Å²) in [6.45, 7) is 4.16. The summed E-state index contributed by atoms with van der Waals surface area (Å²) in [5.74, 6) is -0.345. The van der Waals surface area contributed by atoms with Crippen LogP contribution >= 0.6 is 0 Å². The van der Waals surface area contributed by atoms with Gasteiger partial charge in [0.25, 0.3) is 5.91 Å². The number of benzene rings is 1. The molecule has 0 N–H and O–H groups in total. The Morgan fingerprint density at radius 3 is 2.46 bits per heavy atom. The molecule has 1 fully saturated rings. The highest BCUT2D eigenvalue weighted by atomic mass is 16.5. The molecule has 3 rings (SSSR count). The van der Waals surface area contributed by atoms with Crippen LogP contribution < -0.4 is 4.90 Å². The molecule has 0 bridgehead atoms. The van der Waals surface area contributed by atoms with Gasteiger partial charge in [0.15, 0.2) is 0 Å². The van der Waals surface area contributed by atoms with E-state index >= 15 is 0 Å². The highest BCUT2D eigenvalue weighted by molar-refractivity contribution is 5.94. The number of hydrogen-bond acceptors (Lipinski definition) is 5. The maximum absolute atomic E-state index is 12.5. The predicted molar refractivity (Wildman–Crippen MR) is 89.2 cm³/mol. The van der Waals surface area contributed by atoms with E-state index in [1.807, 2.05) is 24.0 Å². The summed E-state index contributed by atoms with van der Waals surface area (Å²) in [7, 11) is 1.37. The van der Waals surface area contributed by atoms with E-state index in [1.165, 1.54) is 19.6 Å². The van der Waals surface area contributed by atoms with Gasteiger partial charge >= 0.3 is 5.97 Å². The second-order valence-corrected chi connectivity index (χ2v) is 5.84. The van der Waals surface area contributed by atoms with Crippen molar-refractivity contribution in [2.75, 3.05) is 31.6 Å². The van der Waals surface area contributed by atoms with Crippen LogP contribution in [0.4, 0.5) is 5.69 Å². The van der Waals surface area contributed by atoms with E-state index in [0.717, 1.165) is 18.8 Å². The largest absolute Gasteiger partial charge is 0.472 e. The molecule has 1 aromatic carbocycles. The molecular weight excluding hydrogens is 308 g/mol. The molecule has 2 aromatic rings. The smallest absolute Gasteiger partial charge is 0.337 e. The van der Waals surface area contributed by atoms with Crippen LogP contribution in [0.25, 0.3) is 0 Å². The lowest BCUT2D eigenvalue weighted by molar-refractivity contribution is 0.0599. The van der Waals surface area contributed by atoms with Crippen molar-refractivity contribution >= 4 is 17.6 Å². The molecule has 1 aliphatic heterocycles. The van der Waals surface area contributed by atoms with Crippen molar-refractivity contribution in [3.63, 3.8) is 0 Å². The van der Waals surface area contributed by atoms with Crippen molar-refractivity contribution in [3.8, 4) is 0 Å². The highest BCUT2D eigenvalue weighted by Crippen LogP contribution is 2.21. The van der Waals surface area contributed by atoms with Crippen molar-refractivity contribution in [2.45, 2.75) is 13.0 Å². The second-order valence-electron chi connectivity index (χ2n) is 5.84. The molecule has 0 unspecified atom stereocenters. The summed E-state index contributed by atoms with van der Waals surface area (Å²) in [4.78, 5) is 28.0. The van der Waals surface area contributed by atoms with Gasteiger partial charge in [0.2, 0.25) is 0 Å². The number of hydrogen-bond donors (Lipinski definition) is 0. The molecular formula is C18H20N2O4. The number of methoxy groups -OCH3 is 1. The maximum Gasteiger partial charge on any atom is 0.337 e. The third-order valence-corrected chi connectivity index (χ3v) is 4.31. The van der Waals surface area contributed by atoms with Crippen LogP contribution in [0.5, 0.6) is 0 Å². The quantitative estimate of drug-likeness (QED) is 0.810. The number of carbonyl (C=O) groups excluding carboxylic acids is 2. The van der Waals surface area contributed by atoms with Crippen molar-refractivity contribution in [3.05, 3.63) is 54.0 Å². The van der Waals surface area contributed by atoms with Gasteiger partial charge in [-0.15, -0.1) is 0 Å². The molecule has 1 amide bonds. The van der Waals surface area contributed by atoms with Gasteiger partial charge in [0.05, 0.1) is 24.5 Å². The number of esters is 1. The lowest BCUT2D eigenvalue weighted by Gasteiger charge is -2.41. The molecule has 1 saturated heterocycles. The molecule has 6 heteroatoms. The summed E-state index contributed by atoms with van der Waals surface area (Å²) in [5.41, 5.74) is 2.14. The number of ether oxygens (including phenoxy) is 1. The standard InChI is InChI=1S/C18H20N2O4/c1-13-11-19(16-5-3-14(4-6-16)18(22)23-2)8-9-20(13)17(21)15-7-10-24-12-15/h3-7,10,12-13H,8-9,11H2,1-2H3/t13-/m0/s1. The van der Waals surface area contributed by atoms with Gasteiger partial charge in [0.1, 0.15) is 6.26 Å². The number of nitrogens with zero attached hydrogens (tertiary/aromatic N) is 2. The van der Waals surface area contributed by atoms with Gasteiger partial charge in [0, 0.05) is 31.4 Å². The zero-order valence-corrected chi connectivity index (χ0v) is 13.8. The normalized spacial score (nSPS) is 17.7. The summed E-state index contributed by atoms with van der Waals surface area (Å²) >= 11 is 0. The lowest BCUT2D eigenvalue weighted by atomic mass is 10.1. The topological polar surface area (TPSA) is 63.0 Å².